The number of nitrogens with one attached hydrogen (secondary N) is 2. The van der Waals surface area contributed by atoms with Crippen LogP contribution in [0.5, 0.6) is 0 Å². The van der Waals surface area contributed by atoms with Crippen molar-refractivity contribution in [2.75, 3.05) is 40.0 Å². The summed E-state index contributed by atoms with van der Waals surface area (Å²) in [5.41, 5.74) is 4.99. The number of rotatable bonds is 9. The molecule has 0 bridgehead atoms. The highest BCUT2D eigenvalue weighted by Crippen LogP contribution is 2.21. The van der Waals surface area contributed by atoms with E-state index in [-0.39, 0.29) is 24.0 Å². The van der Waals surface area contributed by atoms with Crippen LogP contribution < -0.4 is 10.6 Å². The fourth-order valence-electron chi connectivity index (χ4n) is 3.44. The smallest absolute Gasteiger partial charge is 0.191 e. The largest absolute Gasteiger partial charge is 0.381 e. The highest BCUT2D eigenvalue weighted by atomic mass is 127. The van der Waals surface area contributed by atoms with Gasteiger partial charge in [-0.15, -0.1) is 24.0 Å². The average Bonchev–Trinajstić information content (AvgIpc) is 3.26. The number of aliphatic imine (C=N–C) groups is 1. The average molecular weight is 523 g/mol. The van der Waals surface area contributed by atoms with E-state index in [0.717, 1.165) is 58.3 Å². The summed E-state index contributed by atoms with van der Waals surface area (Å²) in [7, 11) is 1.80. The van der Waals surface area contributed by atoms with Gasteiger partial charge in [0, 0.05) is 39.3 Å². The molecule has 2 aromatic rings. The zero-order chi connectivity index (χ0) is 20.3. The lowest BCUT2D eigenvalue weighted by atomic mass is 10.0. The minimum Gasteiger partial charge on any atom is -0.381 e. The molecule has 1 aliphatic rings. The highest BCUT2D eigenvalue weighted by molar-refractivity contribution is 14.0. The summed E-state index contributed by atoms with van der Waals surface area (Å²) >= 11 is 0. The Morgan fingerprint density at radius 2 is 1.93 bits per heavy atom. The van der Waals surface area contributed by atoms with Crippen LogP contribution in [0.1, 0.15) is 24.0 Å². The van der Waals surface area contributed by atoms with Gasteiger partial charge in [-0.1, -0.05) is 48.0 Å². The number of benzene rings is 2. The van der Waals surface area contributed by atoms with Crippen molar-refractivity contribution in [3.8, 4) is 11.1 Å². The van der Waals surface area contributed by atoms with Crippen molar-refractivity contribution in [3.05, 3.63) is 59.7 Å². The van der Waals surface area contributed by atoms with Crippen LogP contribution in [-0.4, -0.2) is 46.0 Å². The summed E-state index contributed by atoms with van der Waals surface area (Å²) in [4.78, 5) is 4.31. The first-order chi connectivity index (χ1) is 14.2. The van der Waals surface area contributed by atoms with Gasteiger partial charge in [-0.2, -0.15) is 0 Å². The van der Waals surface area contributed by atoms with Gasteiger partial charge in [-0.3, -0.25) is 4.99 Å². The van der Waals surface area contributed by atoms with Crippen LogP contribution in [0, 0.1) is 12.8 Å². The number of halogens is 1. The van der Waals surface area contributed by atoms with E-state index in [1.807, 2.05) is 0 Å². The summed E-state index contributed by atoms with van der Waals surface area (Å²) in [5.74, 6) is 1.39. The van der Waals surface area contributed by atoms with Crippen LogP contribution in [-0.2, 0) is 16.0 Å². The van der Waals surface area contributed by atoms with E-state index in [1.165, 1.54) is 22.3 Å². The van der Waals surface area contributed by atoms with Crippen molar-refractivity contribution in [3.63, 3.8) is 0 Å². The Balaban J connectivity index is 0.00000320. The van der Waals surface area contributed by atoms with Crippen LogP contribution in [0.3, 0.4) is 0 Å². The first kappa shape index (κ1) is 24.6. The summed E-state index contributed by atoms with van der Waals surface area (Å²) in [5, 5.41) is 6.75. The minimum absolute atomic E-state index is 0. The Morgan fingerprint density at radius 3 is 2.67 bits per heavy atom. The van der Waals surface area contributed by atoms with Crippen molar-refractivity contribution in [1.82, 2.24) is 10.6 Å². The van der Waals surface area contributed by atoms with E-state index < -0.39 is 0 Å². The third kappa shape index (κ3) is 8.24. The Labute approximate surface area is 197 Å². The number of hydrogen-bond acceptors (Lipinski definition) is 3. The predicted octanol–water partition coefficient (Wildman–Crippen LogP) is 4.39. The highest BCUT2D eigenvalue weighted by Gasteiger charge is 2.15. The van der Waals surface area contributed by atoms with E-state index in [2.05, 4.69) is 71.1 Å². The molecular weight excluding hydrogens is 489 g/mol. The van der Waals surface area contributed by atoms with E-state index in [9.17, 15) is 0 Å². The molecular formula is C24H34IN3O2. The fraction of sp³-hybridized carbons (Fsp3) is 0.458. The van der Waals surface area contributed by atoms with E-state index in [4.69, 9.17) is 9.47 Å². The van der Waals surface area contributed by atoms with Crippen molar-refractivity contribution in [2.45, 2.75) is 26.3 Å². The van der Waals surface area contributed by atoms with E-state index in [1.54, 1.807) is 7.05 Å². The topological polar surface area (TPSA) is 54.9 Å². The molecule has 2 N–H and O–H groups in total. The molecule has 1 heterocycles. The fourth-order valence-corrected chi connectivity index (χ4v) is 3.44. The van der Waals surface area contributed by atoms with Gasteiger partial charge >= 0.3 is 0 Å². The number of nitrogens with zero attached hydrogens (tertiary/aromatic N) is 1. The molecule has 0 aliphatic carbocycles. The van der Waals surface area contributed by atoms with E-state index in [0.29, 0.717) is 5.92 Å². The summed E-state index contributed by atoms with van der Waals surface area (Å²) < 4.78 is 11.1. The molecule has 0 spiro atoms. The van der Waals surface area contributed by atoms with Gasteiger partial charge < -0.3 is 20.1 Å². The van der Waals surface area contributed by atoms with Gasteiger partial charge in [0.15, 0.2) is 5.96 Å². The minimum atomic E-state index is 0. The van der Waals surface area contributed by atoms with Crippen LogP contribution in [0.4, 0.5) is 0 Å². The standard InChI is InChI=1S/C24H33N3O2.HI/c1-19-6-3-8-22(14-19)23-9-4-7-20(15-23)16-27-24(25-2)26-11-5-12-28-17-21-10-13-29-18-21;/h3-4,6-9,14-15,21H,5,10-13,16-18H2,1-2H3,(H2,25,26,27);1H. The molecule has 1 fully saturated rings. The van der Waals surface area contributed by atoms with Crippen molar-refractivity contribution in [2.24, 2.45) is 10.9 Å². The van der Waals surface area contributed by atoms with Gasteiger partial charge in [0.2, 0.25) is 0 Å². The van der Waals surface area contributed by atoms with Gasteiger partial charge in [-0.05, 0) is 42.5 Å². The van der Waals surface area contributed by atoms with Crippen LogP contribution >= 0.6 is 24.0 Å². The van der Waals surface area contributed by atoms with Crippen molar-refractivity contribution >= 4 is 29.9 Å². The van der Waals surface area contributed by atoms with Gasteiger partial charge in [-0.25, -0.2) is 0 Å². The van der Waals surface area contributed by atoms with Crippen LogP contribution in [0.2, 0.25) is 0 Å². The second-order valence-electron chi connectivity index (χ2n) is 7.58. The van der Waals surface area contributed by atoms with E-state index >= 15 is 0 Å². The quantitative estimate of drug-likeness (QED) is 0.222. The molecule has 0 saturated carbocycles. The molecule has 6 heteroatoms. The monoisotopic (exact) mass is 523 g/mol. The molecule has 0 radical (unpaired) electrons. The lowest BCUT2D eigenvalue weighted by Gasteiger charge is -2.13. The molecule has 1 unspecified atom stereocenters. The van der Waals surface area contributed by atoms with Crippen LogP contribution in [0.25, 0.3) is 11.1 Å². The molecule has 0 aromatic heterocycles. The lowest BCUT2D eigenvalue weighted by molar-refractivity contribution is 0.0888. The SMILES string of the molecule is CN=C(NCCCOCC1CCOC1)NCc1cccc(-c2cccc(C)c2)c1.I. The van der Waals surface area contributed by atoms with Crippen molar-refractivity contribution in [1.29, 1.82) is 0 Å². The first-order valence-electron chi connectivity index (χ1n) is 10.5. The maximum atomic E-state index is 5.75. The molecule has 3 rings (SSSR count). The third-order valence-corrected chi connectivity index (χ3v) is 5.10. The van der Waals surface area contributed by atoms with Gasteiger partial charge in [0.05, 0.1) is 13.2 Å². The Hall–Kier alpha value is -1.64. The van der Waals surface area contributed by atoms with Crippen molar-refractivity contribution < 1.29 is 9.47 Å². The molecule has 1 saturated heterocycles. The maximum absolute atomic E-state index is 5.75. The molecule has 0 amide bonds. The first-order valence-corrected chi connectivity index (χ1v) is 10.5. The molecule has 5 nitrogen and oxygen atoms in total. The predicted molar refractivity (Wildman–Crippen MR) is 135 cm³/mol. The summed E-state index contributed by atoms with van der Waals surface area (Å²) in [6.45, 7) is 7.00. The van der Waals surface area contributed by atoms with Gasteiger partial charge in [0.25, 0.3) is 0 Å². The Bertz CT molecular complexity index is 792. The molecule has 164 valence electrons. The van der Waals surface area contributed by atoms with Gasteiger partial charge in [0.1, 0.15) is 0 Å². The third-order valence-electron chi connectivity index (χ3n) is 5.10. The summed E-state index contributed by atoms with van der Waals surface area (Å²) in [6, 6.07) is 17.2. The second-order valence-corrected chi connectivity index (χ2v) is 7.58. The zero-order valence-electron chi connectivity index (χ0n) is 18.0. The number of ether oxygens (including phenoxy) is 2. The normalized spacial score (nSPS) is 16.2. The molecule has 30 heavy (non-hydrogen) atoms. The second kappa shape index (κ2) is 13.6. The zero-order valence-corrected chi connectivity index (χ0v) is 20.4. The molecule has 1 atom stereocenters. The number of aryl methyl sites for hydroxylation is 1. The molecule has 1 aliphatic heterocycles. The maximum Gasteiger partial charge on any atom is 0.191 e. The number of hydrogen-bond donors (Lipinski definition) is 2. The summed E-state index contributed by atoms with van der Waals surface area (Å²) in [6.07, 6.45) is 2.08. The molecule has 2 aromatic carbocycles. The number of guanidine groups is 1. The lowest BCUT2D eigenvalue weighted by Crippen LogP contribution is -2.37. The Morgan fingerprint density at radius 1 is 1.13 bits per heavy atom. The van der Waals surface area contributed by atoms with Crippen LogP contribution in [0.15, 0.2) is 53.5 Å². The Kier molecular flexibility index (Phi) is 11.2.